The highest BCUT2D eigenvalue weighted by atomic mass is 28.4. The average Bonchev–Trinajstić information content (AvgIpc) is 3.40. The maximum absolute atomic E-state index is 14.5. The molecule has 0 saturated carbocycles. The second-order valence-electron chi connectivity index (χ2n) is 12.7. The number of benzene rings is 4. The van der Waals surface area contributed by atoms with Gasteiger partial charge in [-0.1, -0.05) is 61.5 Å². The molecule has 4 atom stereocenters. The smallest absolute Gasteiger partial charge is 0.266 e. The normalized spacial score (nSPS) is 23.9. The largest absolute Gasteiger partial charge is 0.454 e. The summed E-state index contributed by atoms with van der Waals surface area (Å²) < 4.78 is 12.8. The van der Waals surface area contributed by atoms with Crippen molar-refractivity contribution in [2.24, 2.45) is 5.92 Å². The minimum atomic E-state index is -2.76. The van der Waals surface area contributed by atoms with E-state index in [0.717, 1.165) is 16.8 Å². The second kappa shape index (κ2) is 11.0. The Hall–Kier alpha value is -4.28. The van der Waals surface area contributed by atoms with Crippen LogP contribution in [0.3, 0.4) is 0 Å². The molecule has 2 N–H and O–H groups in total. The second-order valence-corrected chi connectivity index (χ2v) is 16.6. The lowest BCUT2D eigenvalue weighted by Gasteiger charge is -2.32. The van der Waals surface area contributed by atoms with Gasteiger partial charge in [-0.15, -0.1) is 0 Å². The zero-order valence-electron chi connectivity index (χ0n) is 25.5. The van der Waals surface area contributed by atoms with E-state index in [9.17, 15) is 19.5 Å². The van der Waals surface area contributed by atoms with Crippen molar-refractivity contribution in [3.05, 3.63) is 114 Å². The Labute approximate surface area is 263 Å². The van der Waals surface area contributed by atoms with Gasteiger partial charge in [0.05, 0.1) is 29.6 Å². The van der Waals surface area contributed by atoms with Crippen molar-refractivity contribution in [1.82, 2.24) is 0 Å². The monoisotopic (exact) mass is 620 g/mol. The summed E-state index contributed by atoms with van der Waals surface area (Å²) in [5.74, 6) is 0.467. The number of aliphatic hydroxyl groups excluding tert-OH is 1. The molecule has 0 unspecified atom stereocenters. The first-order chi connectivity index (χ1) is 21.6. The number of carbonyl (C=O) groups is 2. The minimum Gasteiger partial charge on any atom is -0.454 e. The number of hydrogen-bond donors (Lipinski definition) is 2. The van der Waals surface area contributed by atoms with E-state index < -0.39 is 20.0 Å². The van der Waals surface area contributed by atoms with Crippen LogP contribution in [0.1, 0.15) is 34.8 Å². The van der Waals surface area contributed by atoms with Gasteiger partial charge in [-0.25, -0.2) is 0 Å². The fourth-order valence-electron chi connectivity index (χ4n) is 7.58. The zero-order chi connectivity index (χ0) is 31.5. The lowest BCUT2D eigenvalue weighted by Crippen LogP contribution is -2.46. The number of carbonyl (C=O) groups excluding carboxylic acids is 2. The molecule has 1 spiro atoms. The molecule has 8 nitrogen and oxygen atoms in total. The molecule has 45 heavy (non-hydrogen) atoms. The van der Waals surface area contributed by atoms with Crippen LogP contribution in [0, 0.1) is 5.92 Å². The first-order valence-corrected chi connectivity index (χ1v) is 18.4. The van der Waals surface area contributed by atoms with Crippen molar-refractivity contribution in [2.45, 2.75) is 50.2 Å². The Morgan fingerprint density at radius 2 is 1.49 bits per heavy atom. The first-order valence-electron chi connectivity index (χ1n) is 15.4. The first kappa shape index (κ1) is 29.4. The Morgan fingerprint density at radius 1 is 0.844 bits per heavy atom. The molecule has 2 amide bonds. The summed E-state index contributed by atoms with van der Waals surface area (Å²) in [7, 11) is -2.76. The van der Waals surface area contributed by atoms with Gasteiger partial charge in [0.1, 0.15) is 5.75 Å². The van der Waals surface area contributed by atoms with Crippen LogP contribution in [0.2, 0.25) is 18.6 Å². The maximum atomic E-state index is 14.5. The van der Waals surface area contributed by atoms with Gasteiger partial charge in [-0.2, -0.15) is 0 Å². The Kier molecular flexibility index (Phi) is 7.16. The zero-order valence-corrected chi connectivity index (χ0v) is 26.5. The molecule has 9 heteroatoms. The number of rotatable bonds is 6. The molecule has 0 aromatic heterocycles. The van der Waals surface area contributed by atoms with Gasteiger partial charge in [0.25, 0.3) is 11.8 Å². The summed E-state index contributed by atoms with van der Waals surface area (Å²) in [5.41, 5.74) is 2.81. The highest BCUT2D eigenvalue weighted by molar-refractivity contribution is 6.71. The third kappa shape index (κ3) is 4.61. The van der Waals surface area contributed by atoms with Crippen LogP contribution in [-0.4, -0.2) is 42.7 Å². The van der Waals surface area contributed by atoms with Crippen molar-refractivity contribution < 1.29 is 29.0 Å². The number of fused-ring (bicyclic) bond motifs is 4. The fraction of sp³-hybridized carbons (Fsp3) is 0.278. The molecule has 7 rings (SSSR count). The predicted molar refractivity (Wildman–Crippen MR) is 174 cm³/mol. The lowest BCUT2D eigenvalue weighted by atomic mass is 9.82. The van der Waals surface area contributed by atoms with Gasteiger partial charge in [0, 0.05) is 29.3 Å². The quantitative estimate of drug-likeness (QED) is 0.239. The van der Waals surface area contributed by atoms with Crippen molar-refractivity contribution >= 4 is 37.2 Å². The predicted octanol–water partition coefficient (Wildman–Crippen LogP) is 6.50. The van der Waals surface area contributed by atoms with Crippen LogP contribution in [0.25, 0.3) is 0 Å². The summed E-state index contributed by atoms with van der Waals surface area (Å²) in [6.45, 7) is 5.98. The van der Waals surface area contributed by atoms with Crippen molar-refractivity contribution in [3.8, 4) is 11.5 Å². The van der Waals surface area contributed by atoms with Crippen molar-refractivity contribution in [3.63, 3.8) is 0 Å². The standard InChI is InChI=1S/C36H36N2O6Si/c1-23-33(45(2,3)42)32(20-21-39)44-36(23)27-11-5-6-12-28(27)37(35(36)41)22-24-16-18-25(19-17-24)38-29-13-7-9-15-31(29)43-30-14-8-4-10-26(30)34(38)40/h4-19,23,32-33,39,42H,20-22H2,1-3H3/t23-,32+,33-,36+/m0/s1. The van der Waals surface area contributed by atoms with E-state index in [2.05, 4.69) is 0 Å². The highest BCUT2D eigenvalue weighted by Crippen LogP contribution is 2.59. The number of ether oxygens (including phenoxy) is 2. The molecule has 230 valence electrons. The van der Waals surface area contributed by atoms with E-state index in [4.69, 9.17) is 9.47 Å². The molecule has 4 aromatic rings. The van der Waals surface area contributed by atoms with Gasteiger partial charge >= 0.3 is 0 Å². The van der Waals surface area contributed by atoms with E-state index in [1.165, 1.54) is 0 Å². The lowest BCUT2D eigenvalue weighted by molar-refractivity contribution is -0.146. The molecular formula is C36H36N2O6Si. The van der Waals surface area contributed by atoms with Crippen LogP contribution in [0.4, 0.5) is 17.1 Å². The summed E-state index contributed by atoms with van der Waals surface area (Å²) >= 11 is 0. The summed E-state index contributed by atoms with van der Waals surface area (Å²) in [6, 6.07) is 30.0. The number of anilines is 3. The van der Waals surface area contributed by atoms with Crippen molar-refractivity contribution in [1.29, 1.82) is 0 Å². The van der Waals surface area contributed by atoms with Gasteiger partial charge in [0.2, 0.25) is 0 Å². The highest BCUT2D eigenvalue weighted by Gasteiger charge is 2.66. The van der Waals surface area contributed by atoms with Crippen LogP contribution in [0.5, 0.6) is 11.5 Å². The van der Waals surface area contributed by atoms with Gasteiger partial charge < -0.3 is 24.3 Å². The van der Waals surface area contributed by atoms with E-state index >= 15 is 0 Å². The third-order valence-electron chi connectivity index (χ3n) is 9.49. The molecule has 0 aliphatic carbocycles. The molecular weight excluding hydrogens is 584 g/mol. The average molecular weight is 621 g/mol. The minimum absolute atomic E-state index is 0.0813. The summed E-state index contributed by atoms with van der Waals surface area (Å²) in [5, 5.41) is 9.81. The Bertz CT molecular complexity index is 1790. The van der Waals surface area contributed by atoms with Crippen molar-refractivity contribution in [2.75, 3.05) is 16.4 Å². The third-order valence-corrected chi connectivity index (χ3v) is 12.0. The number of para-hydroxylation sites is 4. The van der Waals surface area contributed by atoms with E-state index in [1.807, 2.05) is 105 Å². The Balaban J connectivity index is 1.22. The number of amides is 2. The SMILES string of the molecule is C[C@H]1[C@H]([Si](C)(C)O)[C@@H](CCO)O[C@]12C(=O)N(Cc1ccc(N3C(=O)c4ccccc4Oc4ccccc43)cc1)c1ccccc12. The molecule has 3 heterocycles. The number of hydrogen-bond acceptors (Lipinski definition) is 6. The molecule has 1 saturated heterocycles. The molecule has 3 aliphatic heterocycles. The fourth-order valence-corrected chi connectivity index (χ4v) is 10.2. The Morgan fingerprint density at radius 3 is 2.20 bits per heavy atom. The van der Waals surface area contributed by atoms with Gasteiger partial charge in [0.15, 0.2) is 19.7 Å². The summed E-state index contributed by atoms with van der Waals surface area (Å²) in [4.78, 5) is 43.0. The van der Waals surface area contributed by atoms with Gasteiger partial charge in [-0.05, 0) is 67.5 Å². The van der Waals surface area contributed by atoms with Crippen LogP contribution >= 0.6 is 0 Å². The maximum Gasteiger partial charge on any atom is 0.266 e. The topological polar surface area (TPSA) is 99.5 Å². The summed E-state index contributed by atoms with van der Waals surface area (Å²) in [6.07, 6.45) is -0.0607. The van der Waals surface area contributed by atoms with Gasteiger partial charge in [-0.3, -0.25) is 14.5 Å². The number of nitrogens with zero attached hydrogens (tertiary/aromatic N) is 2. The van der Waals surface area contributed by atoms with E-state index in [-0.39, 0.29) is 29.9 Å². The van der Waals surface area contributed by atoms with Crippen LogP contribution < -0.4 is 14.5 Å². The molecule has 1 fully saturated rings. The number of aliphatic hydroxyl groups is 1. The van der Waals surface area contributed by atoms with Crippen LogP contribution in [0.15, 0.2) is 97.1 Å². The van der Waals surface area contributed by atoms with Crippen LogP contribution in [-0.2, 0) is 21.7 Å². The molecule has 0 bridgehead atoms. The van der Waals surface area contributed by atoms with E-state index in [0.29, 0.717) is 41.4 Å². The molecule has 4 aromatic carbocycles. The van der Waals surface area contributed by atoms with E-state index in [1.54, 1.807) is 21.9 Å². The molecule has 0 radical (unpaired) electrons. The molecule has 3 aliphatic rings.